The molecule has 28 heavy (non-hydrogen) atoms. The Balaban J connectivity index is 1.77. The normalized spacial score (nSPS) is 50.0. The van der Waals surface area contributed by atoms with Crippen molar-refractivity contribution in [3.63, 3.8) is 0 Å². The quantitative estimate of drug-likeness (QED) is 0.221. The van der Waals surface area contributed by atoms with Gasteiger partial charge in [0.05, 0.1) is 7.11 Å². The van der Waals surface area contributed by atoms with Crippen molar-refractivity contribution in [1.29, 1.82) is 0 Å². The van der Waals surface area contributed by atoms with Gasteiger partial charge in [0.25, 0.3) is 0 Å². The molecule has 0 heterocycles. The molecule has 0 bridgehead atoms. The fourth-order valence-electron chi connectivity index (χ4n) is 8.10. The van der Waals surface area contributed by atoms with E-state index in [1.54, 1.807) is 0 Å². The number of methoxy groups -OCH3 is 1. The molecule has 6 nitrogen and oxygen atoms in total. The van der Waals surface area contributed by atoms with E-state index in [0.29, 0.717) is 29.6 Å². The number of hydrogen-bond donors (Lipinski definition) is 0. The molecule has 154 valence electrons. The third-order valence-corrected chi connectivity index (χ3v) is 9.72. The first-order chi connectivity index (χ1) is 13.3. The van der Waals surface area contributed by atoms with Crippen molar-refractivity contribution >= 4 is 11.8 Å². The minimum absolute atomic E-state index is 0.0407. The average molecular weight is 388 g/mol. The molecule has 9 atom stereocenters. The van der Waals surface area contributed by atoms with Crippen LogP contribution in [-0.2, 0) is 14.3 Å². The van der Waals surface area contributed by atoms with E-state index in [1.165, 1.54) is 26.4 Å². The summed E-state index contributed by atoms with van der Waals surface area (Å²) >= 11 is 0. The molecule has 0 amide bonds. The SMILES string of the molecule is COC(=O)C1C(=O)CC[C@@]2(C)C1C(N=[N+]=[N-])C[C@H]1[C@@H]3CC[C@H](C)[C@@]3(C)CC[C@@H]12. The van der Waals surface area contributed by atoms with E-state index in [4.69, 9.17) is 4.74 Å². The van der Waals surface area contributed by atoms with Crippen molar-refractivity contribution in [3.05, 3.63) is 10.4 Å². The molecule has 0 spiro atoms. The minimum Gasteiger partial charge on any atom is -0.468 e. The molecule has 0 aliphatic heterocycles. The van der Waals surface area contributed by atoms with Gasteiger partial charge in [0, 0.05) is 17.4 Å². The van der Waals surface area contributed by atoms with Crippen LogP contribution in [0.2, 0.25) is 0 Å². The molecule has 3 unspecified atom stereocenters. The van der Waals surface area contributed by atoms with Gasteiger partial charge in [-0.15, -0.1) is 0 Å². The highest BCUT2D eigenvalue weighted by molar-refractivity contribution is 6.00. The average Bonchev–Trinajstić information content (AvgIpc) is 2.97. The summed E-state index contributed by atoms with van der Waals surface area (Å²) in [5.41, 5.74) is 9.50. The standard InChI is InChI=1S/C22H33N3O3/c1-12-5-6-14-13-11-16(24-25-23)19-18(20(27)28-4)17(26)8-10-22(19,3)15(13)7-9-21(12,14)2/h12-16,18-19H,5-11H2,1-4H3/t12-,13-,14-,15-,16?,18?,19?,21+,22+/m0/s1. The molecular formula is C22H33N3O3. The second-order valence-electron chi connectivity index (χ2n) is 10.4. The summed E-state index contributed by atoms with van der Waals surface area (Å²) in [6.45, 7) is 7.12. The van der Waals surface area contributed by atoms with Crippen LogP contribution in [0.5, 0.6) is 0 Å². The largest absolute Gasteiger partial charge is 0.468 e. The van der Waals surface area contributed by atoms with Gasteiger partial charge in [-0.3, -0.25) is 9.59 Å². The number of ether oxygens (including phenoxy) is 1. The van der Waals surface area contributed by atoms with Crippen molar-refractivity contribution in [2.24, 2.45) is 51.5 Å². The molecule has 0 aromatic heterocycles. The fourth-order valence-corrected chi connectivity index (χ4v) is 8.10. The number of hydrogen-bond acceptors (Lipinski definition) is 4. The third-order valence-electron chi connectivity index (χ3n) is 9.72. The highest BCUT2D eigenvalue weighted by Crippen LogP contribution is 2.68. The van der Waals surface area contributed by atoms with Gasteiger partial charge in [-0.05, 0) is 84.5 Å². The highest BCUT2D eigenvalue weighted by Gasteiger charge is 2.64. The number of Topliss-reactive ketones (excluding diaryl/α,β-unsaturated/α-hetero) is 1. The lowest BCUT2D eigenvalue weighted by Crippen LogP contribution is -2.61. The molecule has 4 fully saturated rings. The van der Waals surface area contributed by atoms with Crippen LogP contribution in [0, 0.1) is 46.3 Å². The van der Waals surface area contributed by atoms with Crippen LogP contribution in [-0.4, -0.2) is 24.9 Å². The maximum Gasteiger partial charge on any atom is 0.316 e. The number of esters is 1. The fraction of sp³-hybridized carbons (Fsp3) is 0.909. The number of carbonyl (C=O) groups is 2. The maximum atomic E-state index is 12.7. The van der Waals surface area contributed by atoms with E-state index in [1.807, 2.05) is 0 Å². The highest BCUT2D eigenvalue weighted by atomic mass is 16.5. The van der Waals surface area contributed by atoms with E-state index in [-0.39, 0.29) is 23.2 Å². The van der Waals surface area contributed by atoms with E-state index >= 15 is 0 Å². The summed E-state index contributed by atoms with van der Waals surface area (Å²) in [5.74, 6) is 0.895. The minimum atomic E-state index is -0.781. The molecule has 4 aliphatic rings. The maximum absolute atomic E-state index is 12.7. The second-order valence-corrected chi connectivity index (χ2v) is 10.4. The summed E-state index contributed by atoms with van der Waals surface area (Å²) in [4.78, 5) is 28.5. The molecule has 0 aromatic carbocycles. The third kappa shape index (κ3) is 2.56. The molecule has 4 saturated carbocycles. The van der Waals surface area contributed by atoms with E-state index in [2.05, 4.69) is 30.8 Å². The van der Waals surface area contributed by atoms with Gasteiger partial charge in [-0.1, -0.05) is 25.9 Å². The van der Waals surface area contributed by atoms with E-state index < -0.39 is 11.9 Å². The number of nitrogens with zero attached hydrogens (tertiary/aromatic N) is 3. The van der Waals surface area contributed by atoms with Crippen LogP contribution in [0.3, 0.4) is 0 Å². The Labute approximate surface area is 167 Å². The van der Waals surface area contributed by atoms with Crippen molar-refractivity contribution in [3.8, 4) is 0 Å². The van der Waals surface area contributed by atoms with Gasteiger partial charge >= 0.3 is 5.97 Å². The lowest BCUT2D eigenvalue weighted by molar-refractivity contribution is -0.172. The lowest BCUT2D eigenvalue weighted by atomic mass is 9.42. The molecule has 0 aromatic rings. The predicted molar refractivity (Wildman–Crippen MR) is 105 cm³/mol. The Hall–Kier alpha value is -1.55. The Morgan fingerprint density at radius 2 is 1.89 bits per heavy atom. The molecule has 4 aliphatic carbocycles. The Morgan fingerprint density at radius 3 is 2.57 bits per heavy atom. The topological polar surface area (TPSA) is 92.1 Å². The van der Waals surface area contributed by atoms with Crippen LogP contribution in [0.1, 0.15) is 65.7 Å². The van der Waals surface area contributed by atoms with Gasteiger partial charge in [0.2, 0.25) is 0 Å². The van der Waals surface area contributed by atoms with Crippen molar-refractivity contribution < 1.29 is 14.3 Å². The smallest absolute Gasteiger partial charge is 0.316 e. The molecule has 6 heteroatoms. The molecular weight excluding hydrogens is 354 g/mol. The second kappa shape index (κ2) is 6.76. The molecule has 0 radical (unpaired) electrons. The monoisotopic (exact) mass is 387 g/mol. The Morgan fingerprint density at radius 1 is 1.18 bits per heavy atom. The number of ketones is 1. The number of fused-ring (bicyclic) bond motifs is 5. The zero-order valence-electron chi connectivity index (χ0n) is 17.6. The number of carbonyl (C=O) groups excluding carboxylic acids is 2. The van der Waals surface area contributed by atoms with Gasteiger partial charge < -0.3 is 4.74 Å². The van der Waals surface area contributed by atoms with Gasteiger partial charge in [-0.25, -0.2) is 0 Å². The zero-order chi connectivity index (χ0) is 20.3. The first kappa shape index (κ1) is 19.8. The van der Waals surface area contributed by atoms with Crippen molar-refractivity contribution in [1.82, 2.24) is 0 Å². The van der Waals surface area contributed by atoms with E-state index in [9.17, 15) is 15.1 Å². The first-order valence-corrected chi connectivity index (χ1v) is 10.9. The van der Waals surface area contributed by atoms with Gasteiger partial charge in [0.15, 0.2) is 0 Å². The molecule has 4 rings (SSSR count). The van der Waals surface area contributed by atoms with Crippen molar-refractivity contribution in [2.45, 2.75) is 71.8 Å². The zero-order valence-corrected chi connectivity index (χ0v) is 17.6. The van der Waals surface area contributed by atoms with Crippen LogP contribution < -0.4 is 0 Å². The number of rotatable bonds is 2. The van der Waals surface area contributed by atoms with Crippen molar-refractivity contribution in [2.75, 3.05) is 7.11 Å². The summed E-state index contributed by atoms with van der Waals surface area (Å²) in [6, 6.07) is -0.303. The Kier molecular flexibility index (Phi) is 4.77. The predicted octanol–water partition coefficient (Wildman–Crippen LogP) is 4.92. The van der Waals surface area contributed by atoms with Gasteiger partial charge in [0.1, 0.15) is 11.7 Å². The van der Waals surface area contributed by atoms with E-state index in [0.717, 1.165) is 25.2 Å². The summed E-state index contributed by atoms with van der Waals surface area (Å²) < 4.78 is 5.02. The number of azide groups is 1. The van der Waals surface area contributed by atoms with Crippen LogP contribution in [0.15, 0.2) is 5.11 Å². The summed E-state index contributed by atoms with van der Waals surface area (Å²) in [6.07, 6.45) is 6.94. The summed E-state index contributed by atoms with van der Waals surface area (Å²) in [5, 5.41) is 4.18. The van der Waals surface area contributed by atoms with Gasteiger partial charge in [-0.2, -0.15) is 0 Å². The van der Waals surface area contributed by atoms with Crippen LogP contribution in [0.4, 0.5) is 0 Å². The first-order valence-electron chi connectivity index (χ1n) is 10.9. The lowest BCUT2D eigenvalue weighted by Gasteiger charge is -2.62. The Bertz CT molecular complexity index is 725. The molecule has 0 saturated heterocycles. The van der Waals surface area contributed by atoms with Crippen LogP contribution >= 0.6 is 0 Å². The van der Waals surface area contributed by atoms with Crippen LogP contribution in [0.25, 0.3) is 10.4 Å². The molecule has 0 N–H and O–H groups in total. The summed E-state index contributed by atoms with van der Waals surface area (Å²) in [7, 11) is 1.35.